The van der Waals surface area contributed by atoms with Crippen LogP contribution in [0, 0.1) is 13.8 Å². The number of nitrogens with zero attached hydrogens (tertiary/aromatic N) is 1. The van der Waals surface area contributed by atoms with E-state index >= 15 is 0 Å². The molecule has 1 unspecified atom stereocenters. The van der Waals surface area contributed by atoms with Gasteiger partial charge in [-0.2, -0.15) is 0 Å². The molecule has 3 aromatic rings. The van der Waals surface area contributed by atoms with Gasteiger partial charge < -0.3 is 14.6 Å². The Hall–Kier alpha value is -4.06. The van der Waals surface area contributed by atoms with E-state index in [0.717, 1.165) is 11.1 Å². The third-order valence-electron chi connectivity index (χ3n) is 5.97. The number of aryl methyl sites for hydroxylation is 2. The summed E-state index contributed by atoms with van der Waals surface area (Å²) in [6.07, 6.45) is -0.0458. The fourth-order valence-electron chi connectivity index (χ4n) is 4.65. The van der Waals surface area contributed by atoms with Gasteiger partial charge in [0.05, 0.1) is 23.8 Å². The maximum absolute atomic E-state index is 13.5. The molecule has 1 saturated heterocycles. The number of ketones is 1. The molecule has 0 saturated carbocycles. The Morgan fingerprint density at radius 3 is 2.00 bits per heavy atom. The number of amides is 1. The average Bonchev–Trinajstić information content (AvgIpc) is 3.08. The Morgan fingerprint density at radius 2 is 1.41 bits per heavy atom. The largest absolute Gasteiger partial charge is 0.507 e. The zero-order chi connectivity index (χ0) is 26.9. The number of benzene rings is 3. The number of anilines is 1. The van der Waals surface area contributed by atoms with Gasteiger partial charge in [-0.25, -0.2) is 0 Å². The second-order valence-electron chi connectivity index (χ2n) is 9.95. The van der Waals surface area contributed by atoms with E-state index in [-0.39, 0.29) is 23.5 Å². The van der Waals surface area contributed by atoms with Crippen LogP contribution in [-0.4, -0.2) is 29.0 Å². The molecule has 1 aliphatic rings. The molecular formula is C31H33NO5. The standard InChI is InChI=1S/C31H33NO5/c1-18(2)36-25-12-10-22(11-13-25)29(33)27-28(23-8-7-9-26(17-23)37-19(3)4)32(31(35)30(27)34)24-15-20(5)14-21(6)16-24/h7-19,28,33H,1-6H3/b29-27+. The van der Waals surface area contributed by atoms with E-state index in [0.29, 0.717) is 28.3 Å². The van der Waals surface area contributed by atoms with Crippen LogP contribution in [-0.2, 0) is 9.59 Å². The summed E-state index contributed by atoms with van der Waals surface area (Å²) in [6.45, 7) is 11.6. The van der Waals surface area contributed by atoms with E-state index in [4.69, 9.17) is 9.47 Å². The molecule has 1 aliphatic heterocycles. The van der Waals surface area contributed by atoms with Gasteiger partial charge in [0.15, 0.2) is 0 Å². The van der Waals surface area contributed by atoms with Crippen LogP contribution in [0.1, 0.15) is 56.0 Å². The summed E-state index contributed by atoms with van der Waals surface area (Å²) in [5.74, 6) is -0.390. The number of carbonyl (C=O) groups is 2. The molecule has 0 aliphatic carbocycles. The van der Waals surface area contributed by atoms with Gasteiger partial charge in [0, 0.05) is 11.3 Å². The number of aliphatic hydroxyl groups is 1. The van der Waals surface area contributed by atoms with Crippen molar-refractivity contribution in [3.63, 3.8) is 0 Å². The van der Waals surface area contributed by atoms with E-state index in [9.17, 15) is 14.7 Å². The molecule has 0 spiro atoms. The number of hydrogen-bond acceptors (Lipinski definition) is 5. The van der Waals surface area contributed by atoms with Crippen molar-refractivity contribution in [3.8, 4) is 11.5 Å². The van der Waals surface area contributed by atoms with E-state index < -0.39 is 17.7 Å². The summed E-state index contributed by atoms with van der Waals surface area (Å²) in [5.41, 5.74) is 3.65. The predicted octanol–water partition coefficient (Wildman–Crippen LogP) is 6.50. The van der Waals surface area contributed by atoms with Crippen LogP contribution in [0.4, 0.5) is 5.69 Å². The summed E-state index contributed by atoms with van der Waals surface area (Å²) in [7, 11) is 0. The lowest BCUT2D eigenvalue weighted by molar-refractivity contribution is -0.132. The molecule has 6 heteroatoms. The molecule has 3 aromatic carbocycles. The highest BCUT2D eigenvalue weighted by atomic mass is 16.5. The summed E-state index contributed by atoms with van der Waals surface area (Å²) in [6, 6.07) is 19.1. The lowest BCUT2D eigenvalue weighted by atomic mass is 9.94. The Bertz CT molecular complexity index is 1330. The Balaban J connectivity index is 1.89. The quantitative estimate of drug-likeness (QED) is 0.228. The van der Waals surface area contributed by atoms with E-state index in [1.54, 1.807) is 24.3 Å². The molecule has 0 aromatic heterocycles. The molecule has 4 rings (SSSR count). The second kappa shape index (κ2) is 10.5. The van der Waals surface area contributed by atoms with Crippen LogP contribution in [0.2, 0.25) is 0 Å². The predicted molar refractivity (Wildman–Crippen MR) is 145 cm³/mol. The molecule has 37 heavy (non-hydrogen) atoms. The molecular weight excluding hydrogens is 466 g/mol. The number of Topliss-reactive ketones (excluding diaryl/α,β-unsaturated/α-hetero) is 1. The number of aliphatic hydroxyl groups excluding tert-OH is 1. The molecule has 0 bridgehead atoms. The van der Waals surface area contributed by atoms with Gasteiger partial charge in [0.1, 0.15) is 17.3 Å². The summed E-state index contributed by atoms with van der Waals surface area (Å²) < 4.78 is 11.6. The Morgan fingerprint density at radius 1 is 0.811 bits per heavy atom. The minimum absolute atomic E-state index is 0.00268. The van der Waals surface area contributed by atoms with Gasteiger partial charge in [-0.15, -0.1) is 0 Å². The van der Waals surface area contributed by atoms with Crippen LogP contribution in [0.3, 0.4) is 0 Å². The van der Waals surface area contributed by atoms with Gasteiger partial charge >= 0.3 is 0 Å². The van der Waals surface area contributed by atoms with E-state index in [1.165, 1.54) is 4.90 Å². The van der Waals surface area contributed by atoms with Gasteiger partial charge in [-0.05, 0) is 107 Å². The molecule has 192 valence electrons. The van der Waals surface area contributed by atoms with Crippen molar-refractivity contribution in [1.82, 2.24) is 0 Å². The van der Waals surface area contributed by atoms with Crippen LogP contribution in [0.15, 0.2) is 72.3 Å². The Kier molecular flexibility index (Phi) is 7.39. The van der Waals surface area contributed by atoms with E-state index in [1.807, 2.05) is 84.0 Å². The van der Waals surface area contributed by atoms with E-state index in [2.05, 4.69) is 0 Å². The van der Waals surface area contributed by atoms with Gasteiger partial charge in [0.2, 0.25) is 0 Å². The molecule has 1 atom stereocenters. The summed E-state index contributed by atoms with van der Waals surface area (Å²) >= 11 is 0. The normalized spacial score (nSPS) is 17.1. The first kappa shape index (κ1) is 26.0. The number of ether oxygens (including phenoxy) is 2. The van der Waals surface area contributed by atoms with Crippen molar-refractivity contribution in [1.29, 1.82) is 0 Å². The second-order valence-corrected chi connectivity index (χ2v) is 9.95. The van der Waals surface area contributed by atoms with Crippen LogP contribution in [0.5, 0.6) is 11.5 Å². The highest BCUT2D eigenvalue weighted by Gasteiger charge is 2.47. The topological polar surface area (TPSA) is 76.1 Å². The monoisotopic (exact) mass is 499 g/mol. The zero-order valence-electron chi connectivity index (χ0n) is 22.1. The highest BCUT2D eigenvalue weighted by molar-refractivity contribution is 6.51. The lowest BCUT2D eigenvalue weighted by Crippen LogP contribution is -2.29. The van der Waals surface area contributed by atoms with Gasteiger partial charge in [-0.3, -0.25) is 14.5 Å². The smallest absolute Gasteiger partial charge is 0.300 e. The van der Waals surface area contributed by atoms with Crippen LogP contribution in [0.25, 0.3) is 5.76 Å². The average molecular weight is 500 g/mol. The van der Waals surface area contributed by atoms with Crippen LogP contribution >= 0.6 is 0 Å². The lowest BCUT2D eigenvalue weighted by Gasteiger charge is -2.26. The number of hydrogen-bond donors (Lipinski definition) is 1. The minimum atomic E-state index is -0.830. The highest BCUT2D eigenvalue weighted by Crippen LogP contribution is 2.43. The van der Waals surface area contributed by atoms with Crippen LogP contribution < -0.4 is 14.4 Å². The first-order valence-electron chi connectivity index (χ1n) is 12.5. The Labute approximate surface area is 218 Å². The molecule has 6 nitrogen and oxygen atoms in total. The molecule has 1 heterocycles. The first-order valence-corrected chi connectivity index (χ1v) is 12.5. The van der Waals surface area contributed by atoms with Crippen molar-refractivity contribution < 1.29 is 24.2 Å². The molecule has 1 N–H and O–H groups in total. The zero-order valence-corrected chi connectivity index (χ0v) is 22.1. The molecule has 1 amide bonds. The van der Waals surface area contributed by atoms with Crippen molar-refractivity contribution in [2.45, 2.75) is 59.8 Å². The van der Waals surface area contributed by atoms with Crippen molar-refractivity contribution in [2.75, 3.05) is 4.90 Å². The maximum Gasteiger partial charge on any atom is 0.300 e. The SMILES string of the molecule is Cc1cc(C)cc(N2C(=O)C(=O)/C(=C(/O)c3ccc(OC(C)C)cc3)C2c2cccc(OC(C)C)c2)c1. The van der Waals surface area contributed by atoms with Gasteiger partial charge in [-0.1, -0.05) is 18.2 Å². The number of rotatable bonds is 7. The van der Waals surface area contributed by atoms with Crippen molar-refractivity contribution in [3.05, 3.63) is 94.6 Å². The minimum Gasteiger partial charge on any atom is -0.507 e. The third-order valence-corrected chi connectivity index (χ3v) is 5.97. The number of carbonyl (C=O) groups excluding carboxylic acids is 2. The van der Waals surface area contributed by atoms with Gasteiger partial charge in [0.25, 0.3) is 11.7 Å². The van der Waals surface area contributed by atoms with Crippen molar-refractivity contribution >= 4 is 23.1 Å². The summed E-state index contributed by atoms with van der Waals surface area (Å²) in [4.78, 5) is 28.4. The summed E-state index contributed by atoms with van der Waals surface area (Å²) in [5, 5.41) is 11.4. The first-order chi connectivity index (χ1) is 17.5. The van der Waals surface area contributed by atoms with Crippen molar-refractivity contribution in [2.24, 2.45) is 0 Å². The molecule has 0 radical (unpaired) electrons. The maximum atomic E-state index is 13.5. The fourth-order valence-corrected chi connectivity index (χ4v) is 4.65. The fraction of sp³-hybridized carbons (Fsp3) is 0.290. The molecule has 1 fully saturated rings. The third kappa shape index (κ3) is 5.53.